The van der Waals surface area contributed by atoms with Gasteiger partial charge in [0.15, 0.2) is 0 Å². The molecule has 0 saturated heterocycles. The van der Waals surface area contributed by atoms with E-state index in [-0.39, 0.29) is 0 Å². The van der Waals surface area contributed by atoms with Crippen LogP contribution >= 0.6 is 0 Å². The summed E-state index contributed by atoms with van der Waals surface area (Å²) in [5.74, 6) is 0.800. The van der Waals surface area contributed by atoms with Crippen LogP contribution in [0.2, 0.25) is 0 Å². The zero-order valence-corrected chi connectivity index (χ0v) is 12.6. The number of para-hydroxylation sites is 1. The van der Waals surface area contributed by atoms with Crippen molar-refractivity contribution in [2.24, 2.45) is 0 Å². The van der Waals surface area contributed by atoms with Gasteiger partial charge in [-0.3, -0.25) is 9.88 Å². The third-order valence-electron chi connectivity index (χ3n) is 3.83. The Hall–Kier alpha value is -1.91. The maximum absolute atomic E-state index is 10.3. The second-order valence-electron chi connectivity index (χ2n) is 5.79. The van der Waals surface area contributed by atoms with Gasteiger partial charge in [0, 0.05) is 31.5 Å². The monoisotopic (exact) mass is 298 g/mol. The minimum Gasteiger partial charge on any atom is -0.491 e. The van der Waals surface area contributed by atoms with Crippen LogP contribution in [0.15, 0.2) is 54.9 Å². The standard InChI is InChI=1S/C18H22N2O2/c21-17(14-22-18-4-2-1-3-5-18)13-20(16-6-7-16)12-15-8-10-19-11-9-15/h1-5,8-11,16-17,21H,6-7,12-14H2. The zero-order valence-electron chi connectivity index (χ0n) is 12.6. The van der Waals surface area contributed by atoms with Gasteiger partial charge >= 0.3 is 0 Å². The second kappa shape index (κ2) is 7.38. The van der Waals surface area contributed by atoms with Gasteiger partial charge in [0.05, 0.1) is 0 Å². The molecule has 1 aromatic heterocycles. The number of nitrogens with zero attached hydrogens (tertiary/aromatic N) is 2. The number of ether oxygens (including phenoxy) is 1. The van der Waals surface area contributed by atoms with Gasteiger partial charge in [-0.25, -0.2) is 0 Å². The molecule has 3 rings (SSSR count). The van der Waals surface area contributed by atoms with Gasteiger partial charge in [0.2, 0.25) is 0 Å². The summed E-state index contributed by atoms with van der Waals surface area (Å²) in [6.07, 6.45) is 5.59. The molecule has 1 atom stereocenters. The first kappa shape index (κ1) is 15.0. The van der Waals surface area contributed by atoms with E-state index < -0.39 is 6.10 Å². The van der Waals surface area contributed by atoms with Gasteiger partial charge in [-0.2, -0.15) is 0 Å². The topological polar surface area (TPSA) is 45.6 Å². The van der Waals surface area contributed by atoms with Crippen molar-refractivity contribution in [2.75, 3.05) is 13.2 Å². The Labute approximate surface area is 131 Å². The van der Waals surface area contributed by atoms with Crippen LogP contribution in [0.25, 0.3) is 0 Å². The predicted octanol–water partition coefficient (Wildman–Crippen LogP) is 2.49. The lowest BCUT2D eigenvalue weighted by Gasteiger charge is -2.25. The molecule has 1 aliphatic carbocycles. The fraction of sp³-hybridized carbons (Fsp3) is 0.389. The van der Waals surface area contributed by atoms with Gasteiger partial charge in [0.1, 0.15) is 18.5 Å². The summed E-state index contributed by atoms with van der Waals surface area (Å²) in [4.78, 5) is 6.39. The number of benzene rings is 1. The summed E-state index contributed by atoms with van der Waals surface area (Å²) in [5, 5.41) is 10.3. The van der Waals surface area contributed by atoms with Crippen molar-refractivity contribution in [1.29, 1.82) is 0 Å². The number of hydrogen-bond donors (Lipinski definition) is 1. The Morgan fingerprint density at radius 2 is 1.86 bits per heavy atom. The molecule has 1 heterocycles. The molecule has 0 aliphatic heterocycles. The highest BCUT2D eigenvalue weighted by molar-refractivity contribution is 5.20. The van der Waals surface area contributed by atoms with Crippen LogP contribution < -0.4 is 4.74 Å². The van der Waals surface area contributed by atoms with Crippen LogP contribution in [0.4, 0.5) is 0 Å². The molecule has 1 saturated carbocycles. The number of hydrogen-bond acceptors (Lipinski definition) is 4. The van der Waals surface area contributed by atoms with Crippen LogP contribution in [0.5, 0.6) is 5.75 Å². The summed E-state index contributed by atoms with van der Waals surface area (Å²) in [5.41, 5.74) is 1.23. The second-order valence-corrected chi connectivity index (χ2v) is 5.79. The maximum Gasteiger partial charge on any atom is 0.119 e. The van der Waals surface area contributed by atoms with E-state index in [4.69, 9.17) is 4.74 Å². The number of rotatable bonds is 8. The summed E-state index contributed by atoms with van der Waals surface area (Å²) in [7, 11) is 0. The van der Waals surface area contributed by atoms with E-state index in [1.165, 1.54) is 18.4 Å². The van der Waals surface area contributed by atoms with Crippen molar-refractivity contribution in [3.8, 4) is 5.75 Å². The highest BCUT2D eigenvalue weighted by Crippen LogP contribution is 2.28. The molecule has 1 unspecified atom stereocenters. The molecule has 4 nitrogen and oxygen atoms in total. The smallest absolute Gasteiger partial charge is 0.119 e. The Kier molecular flexibility index (Phi) is 5.03. The minimum atomic E-state index is -0.484. The van der Waals surface area contributed by atoms with E-state index in [0.29, 0.717) is 19.2 Å². The lowest BCUT2D eigenvalue weighted by atomic mass is 10.2. The van der Waals surface area contributed by atoms with Crippen molar-refractivity contribution in [2.45, 2.75) is 31.5 Å². The Balaban J connectivity index is 1.50. The molecule has 2 aromatic rings. The highest BCUT2D eigenvalue weighted by atomic mass is 16.5. The van der Waals surface area contributed by atoms with Crippen molar-refractivity contribution < 1.29 is 9.84 Å². The van der Waals surface area contributed by atoms with Crippen LogP contribution in [0.3, 0.4) is 0 Å². The summed E-state index contributed by atoms with van der Waals surface area (Å²) < 4.78 is 5.63. The lowest BCUT2D eigenvalue weighted by Crippen LogP contribution is -2.36. The summed E-state index contributed by atoms with van der Waals surface area (Å²) in [6, 6.07) is 14.3. The average Bonchev–Trinajstić information content (AvgIpc) is 3.39. The maximum atomic E-state index is 10.3. The Morgan fingerprint density at radius 3 is 2.55 bits per heavy atom. The van der Waals surface area contributed by atoms with E-state index in [1.807, 2.05) is 54.9 Å². The fourth-order valence-electron chi connectivity index (χ4n) is 2.54. The molecule has 1 N–H and O–H groups in total. The number of pyridine rings is 1. The highest BCUT2D eigenvalue weighted by Gasteiger charge is 2.30. The Morgan fingerprint density at radius 1 is 1.14 bits per heavy atom. The van der Waals surface area contributed by atoms with Crippen molar-refractivity contribution in [1.82, 2.24) is 9.88 Å². The van der Waals surface area contributed by atoms with Gasteiger partial charge < -0.3 is 9.84 Å². The lowest BCUT2D eigenvalue weighted by molar-refractivity contribution is 0.0626. The fourth-order valence-corrected chi connectivity index (χ4v) is 2.54. The van der Waals surface area contributed by atoms with E-state index in [0.717, 1.165) is 12.3 Å². The van der Waals surface area contributed by atoms with Crippen molar-refractivity contribution >= 4 is 0 Å². The number of aliphatic hydroxyl groups excluding tert-OH is 1. The van der Waals surface area contributed by atoms with E-state index in [2.05, 4.69) is 9.88 Å². The van der Waals surface area contributed by atoms with E-state index >= 15 is 0 Å². The molecular weight excluding hydrogens is 276 g/mol. The van der Waals surface area contributed by atoms with Crippen LogP contribution in [-0.2, 0) is 6.54 Å². The van der Waals surface area contributed by atoms with Gasteiger partial charge in [0.25, 0.3) is 0 Å². The molecular formula is C18H22N2O2. The normalized spacial score (nSPS) is 15.7. The minimum absolute atomic E-state index is 0.323. The number of aliphatic hydroxyl groups is 1. The molecule has 22 heavy (non-hydrogen) atoms. The van der Waals surface area contributed by atoms with Gasteiger partial charge in [-0.1, -0.05) is 18.2 Å². The van der Waals surface area contributed by atoms with Crippen molar-refractivity contribution in [3.05, 3.63) is 60.4 Å². The first-order valence-electron chi connectivity index (χ1n) is 7.80. The van der Waals surface area contributed by atoms with E-state index in [1.54, 1.807) is 0 Å². The first-order chi connectivity index (χ1) is 10.8. The van der Waals surface area contributed by atoms with Gasteiger partial charge in [-0.05, 0) is 42.7 Å². The molecule has 1 aliphatic rings. The molecule has 116 valence electrons. The third-order valence-corrected chi connectivity index (χ3v) is 3.83. The molecule has 0 bridgehead atoms. The largest absolute Gasteiger partial charge is 0.491 e. The molecule has 4 heteroatoms. The molecule has 1 fully saturated rings. The number of aromatic nitrogens is 1. The van der Waals surface area contributed by atoms with E-state index in [9.17, 15) is 5.11 Å². The average molecular weight is 298 g/mol. The van der Waals surface area contributed by atoms with Gasteiger partial charge in [-0.15, -0.1) is 0 Å². The molecule has 0 spiro atoms. The summed E-state index contributed by atoms with van der Waals surface area (Å²) >= 11 is 0. The SMILES string of the molecule is OC(COc1ccccc1)CN(Cc1ccncc1)C1CC1. The zero-order chi connectivity index (χ0) is 15.2. The molecule has 1 aromatic carbocycles. The quantitative estimate of drug-likeness (QED) is 0.813. The van der Waals surface area contributed by atoms with Crippen LogP contribution in [-0.4, -0.2) is 40.3 Å². The molecule has 0 radical (unpaired) electrons. The predicted molar refractivity (Wildman–Crippen MR) is 85.6 cm³/mol. The van der Waals surface area contributed by atoms with Crippen LogP contribution in [0.1, 0.15) is 18.4 Å². The molecule has 0 amide bonds. The van der Waals surface area contributed by atoms with Crippen LogP contribution in [0, 0.1) is 0 Å². The Bertz CT molecular complexity index is 558. The summed E-state index contributed by atoms with van der Waals surface area (Å²) in [6.45, 7) is 1.82. The van der Waals surface area contributed by atoms with Crippen molar-refractivity contribution in [3.63, 3.8) is 0 Å². The first-order valence-corrected chi connectivity index (χ1v) is 7.80. The third kappa shape index (κ3) is 4.55.